The summed E-state index contributed by atoms with van der Waals surface area (Å²) in [5, 5.41) is 2.79. The van der Waals surface area contributed by atoms with Gasteiger partial charge in [0.25, 0.3) is 15.9 Å². The van der Waals surface area contributed by atoms with Gasteiger partial charge in [0, 0.05) is 16.9 Å². The first-order chi connectivity index (χ1) is 12.8. The van der Waals surface area contributed by atoms with Gasteiger partial charge in [-0.3, -0.25) is 9.52 Å². The van der Waals surface area contributed by atoms with Crippen molar-refractivity contribution in [3.05, 3.63) is 89.5 Å². The normalized spacial score (nSPS) is 11.0. The fourth-order valence-electron chi connectivity index (χ4n) is 2.67. The molecule has 5 nitrogen and oxygen atoms in total. The van der Waals surface area contributed by atoms with Crippen LogP contribution in [0.3, 0.4) is 0 Å². The number of benzene rings is 3. The van der Waals surface area contributed by atoms with Crippen LogP contribution < -0.4 is 10.0 Å². The smallest absolute Gasteiger partial charge is 0.262 e. The molecule has 3 aromatic rings. The maximum Gasteiger partial charge on any atom is 0.262 e. The lowest BCUT2D eigenvalue weighted by Gasteiger charge is -2.12. The molecular weight excluding hydrogens is 360 g/mol. The first-order valence-corrected chi connectivity index (χ1v) is 9.90. The van der Waals surface area contributed by atoms with Crippen LogP contribution in [0.4, 0.5) is 11.4 Å². The van der Waals surface area contributed by atoms with Crippen LogP contribution in [0.2, 0.25) is 0 Å². The van der Waals surface area contributed by atoms with Gasteiger partial charge in [-0.15, -0.1) is 0 Å². The molecule has 138 valence electrons. The van der Waals surface area contributed by atoms with Crippen molar-refractivity contribution >= 4 is 27.3 Å². The van der Waals surface area contributed by atoms with Gasteiger partial charge in [0.05, 0.1) is 4.90 Å². The van der Waals surface area contributed by atoms with Crippen molar-refractivity contribution in [3.63, 3.8) is 0 Å². The highest BCUT2D eigenvalue weighted by Crippen LogP contribution is 2.21. The predicted molar refractivity (Wildman–Crippen MR) is 108 cm³/mol. The van der Waals surface area contributed by atoms with Gasteiger partial charge in [0.2, 0.25) is 0 Å². The van der Waals surface area contributed by atoms with E-state index in [-0.39, 0.29) is 16.4 Å². The molecule has 0 aliphatic heterocycles. The van der Waals surface area contributed by atoms with E-state index in [2.05, 4.69) is 10.0 Å². The highest BCUT2D eigenvalue weighted by atomic mass is 32.2. The SMILES string of the molecule is Cc1cccc(NC(=O)c2ccc(C)c(S(=O)(=O)Nc3ccccc3)c2)c1. The monoisotopic (exact) mass is 380 g/mol. The molecule has 0 aliphatic carbocycles. The van der Waals surface area contributed by atoms with Gasteiger partial charge < -0.3 is 5.32 Å². The zero-order valence-electron chi connectivity index (χ0n) is 15.1. The molecule has 0 saturated heterocycles. The van der Waals surface area contributed by atoms with E-state index in [9.17, 15) is 13.2 Å². The minimum Gasteiger partial charge on any atom is -0.322 e. The largest absolute Gasteiger partial charge is 0.322 e. The van der Waals surface area contributed by atoms with Crippen molar-refractivity contribution in [1.29, 1.82) is 0 Å². The van der Waals surface area contributed by atoms with Crippen molar-refractivity contribution in [2.24, 2.45) is 0 Å². The van der Waals surface area contributed by atoms with Crippen LogP contribution in [-0.2, 0) is 10.0 Å². The van der Waals surface area contributed by atoms with Crippen LogP contribution in [0.1, 0.15) is 21.5 Å². The van der Waals surface area contributed by atoms with Gasteiger partial charge in [-0.25, -0.2) is 8.42 Å². The van der Waals surface area contributed by atoms with Crippen LogP contribution in [-0.4, -0.2) is 14.3 Å². The van der Waals surface area contributed by atoms with Gasteiger partial charge >= 0.3 is 0 Å². The van der Waals surface area contributed by atoms with Gasteiger partial charge in [-0.05, 0) is 61.4 Å². The number of anilines is 2. The lowest BCUT2D eigenvalue weighted by Crippen LogP contribution is -2.17. The maximum absolute atomic E-state index is 12.8. The third kappa shape index (κ3) is 4.54. The molecule has 1 amide bonds. The van der Waals surface area contributed by atoms with Crippen LogP contribution in [0.25, 0.3) is 0 Å². The number of rotatable bonds is 5. The molecule has 0 aromatic heterocycles. The van der Waals surface area contributed by atoms with E-state index in [1.54, 1.807) is 55.5 Å². The van der Waals surface area contributed by atoms with Crippen LogP contribution in [0.5, 0.6) is 0 Å². The predicted octanol–water partition coefficient (Wildman–Crippen LogP) is 4.36. The number of amides is 1. The summed E-state index contributed by atoms with van der Waals surface area (Å²) < 4.78 is 28.1. The Morgan fingerprint density at radius 1 is 0.815 bits per heavy atom. The molecule has 0 atom stereocenters. The number of hydrogen-bond acceptors (Lipinski definition) is 3. The average Bonchev–Trinajstić information content (AvgIpc) is 2.62. The second-order valence-electron chi connectivity index (χ2n) is 6.28. The van der Waals surface area contributed by atoms with Crippen molar-refractivity contribution < 1.29 is 13.2 Å². The van der Waals surface area contributed by atoms with E-state index in [0.29, 0.717) is 16.9 Å². The molecule has 27 heavy (non-hydrogen) atoms. The van der Waals surface area contributed by atoms with Crippen molar-refractivity contribution in [2.75, 3.05) is 10.0 Å². The van der Waals surface area contributed by atoms with E-state index in [4.69, 9.17) is 0 Å². The van der Waals surface area contributed by atoms with Gasteiger partial charge in [-0.2, -0.15) is 0 Å². The van der Waals surface area contributed by atoms with Gasteiger partial charge in [0.15, 0.2) is 0 Å². The fourth-order valence-corrected chi connectivity index (χ4v) is 4.00. The van der Waals surface area contributed by atoms with Crippen LogP contribution >= 0.6 is 0 Å². The van der Waals surface area contributed by atoms with E-state index in [0.717, 1.165) is 5.56 Å². The first kappa shape index (κ1) is 18.7. The Kier molecular flexibility index (Phi) is 5.28. The highest BCUT2D eigenvalue weighted by Gasteiger charge is 2.19. The number of carbonyl (C=O) groups is 1. The molecule has 0 heterocycles. The van der Waals surface area contributed by atoms with Crippen molar-refractivity contribution in [3.8, 4) is 0 Å². The minimum atomic E-state index is -3.81. The first-order valence-electron chi connectivity index (χ1n) is 8.42. The minimum absolute atomic E-state index is 0.0724. The second kappa shape index (κ2) is 7.63. The summed E-state index contributed by atoms with van der Waals surface area (Å²) in [6.45, 7) is 3.63. The zero-order chi connectivity index (χ0) is 19.4. The Hall–Kier alpha value is -3.12. The van der Waals surface area contributed by atoms with Gasteiger partial charge in [0.1, 0.15) is 0 Å². The molecule has 0 bridgehead atoms. The maximum atomic E-state index is 12.8. The summed E-state index contributed by atoms with van der Waals surface area (Å²) in [5.41, 5.74) is 2.98. The summed E-state index contributed by atoms with van der Waals surface area (Å²) in [4.78, 5) is 12.6. The highest BCUT2D eigenvalue weighted by molar-refractivity contribution is 7.92. The summed E-state index contributed by atoms with van der Waals surface area (Å²) in [5.74, 6) is -0.364. The molecule has 3 rings (SSSR count). The molecular formula is C21H20N2O3S. The molecule has 0 spiro atoms. The zero-order valence-corrected chi connectivity index (χ0v) is 15.9. The molecule has 6 heteroatoms. The Labute approximate surface area is 159 Å². The number of sulfonamides is 1. The van der Waals surface area contributed by atoms with Crippen molar-refractivity contribution in [1.82, 2.24) is 0 Å². The number of hydrogen-bond donors (Lipinski definition) is 2. The third-order valence-electron chi connectivity index (χ3n) is 4.04. The third-order valence-corrected chi connectivity index (χ3v) is 5.57. The molecule has 0 fully saturated rings. The van der Waals surface area contributed by atoms with Crippen LogP contribution in [0.15, 0.2) is 77.7 Å². The lowest BCUT2D eigenvalue weighted by atomic mass is 10.1. The van der Waals surface area contributed by atoms with E-state index in [1.807, 2.05) is 25.1 Å². The van der Waals surface area contributed by atoms with E-state index >= 15 is 0 Å². The quantitative estimate of drug-likeness (QED) is 0.691. The van der Waals surface area contributed by atoms with E-state index in [1.165, 1.54) is 6.07 Å². The topological polar surface area (TPSA) is 75.3 Å². The Bertz CT molecular complexity index is 1080. The molecule has 3 aromatic carbocycles. The van der Waals surface area contributed by atoms with Crippen LogP contribution in [0, 0.1) is 13.8 Å². The Morgan fingerprint density at radius 3 is 2.22 bits per heavy atom. The Balaban J connectivity index is 1.88. The number of carbonyl (C=O) groups excluding carboxylic acids is 1. The second-order valence-corrected chi connectivity index (χ2v) is 7.93. The summed E-state index contributed by atoms with van der Waals surface area (Å²) in [6.07, 6.45) is 0. The number of nitrogens with one attached hydrogen (secondary N) is 2. The standard InChI is InChI=1S/C21H20N2O3S/c1-15-7-6-10-19(13-15)22-21(24)17-12-11-16(2)20(14-17)27(25,26)23-18-8-4-3-5-9-18/h3-14,23H,1-2H3,(H,22,24). The average molecular weight is 380 g/mol. The molecule has 0 radical (unpaired) electrons. The summed E-state index contributed by atoms with van der Waals surface area (Å²) in [7, 11) is -3.81. The molecule has 0 aliphatic rings. The number of aryl methyl sites for hydroxylation is 2. The Morgan fingerprint density at radius 2 is 1.52 bits per heavy atom. The lowest BCUT2D eigenvalue weighted by molar-refractivity contribution is 0.102. The summed E-state index contributed by atoms with van der Waals surface area (Å²) in [6, 6.07) is 20.7. The molecule has 2 N–H and O–H groups in total. The molecule has 0 unspecified atom stereocenters. The number of para-hydroxylation sites is 1. The van der Waals surface area contributed by atoms with Crippen molar-refractivity contribution in [2.45, 2.75) is 18.7 Å². The van der Waals surface area contributed by atoms with Gasteiger partial charge in [-0.1, -0.05) is 36.4 Å². The fraction of sp³-hybridized carbons (Fsp3) is 0.0952. The molecule has 0 saturated carbocycles. The van der Waals surface area contributed by atoms with E-state index < -0.39 is 10.0 Å². The summed E-state index contributed by atoms with van der Waals surface area (Å²) >= 11 is 0.